The van der Waals surface area contributed by atoms with Gasteiger partial charge in [0, 0.05) is 37.8 Å². The van der Waals surface area contributed by atoms with Gasteiger partial charge in [-0.25, -0.2) is 4.39 Å². The van der Waals surface area contributed by atoms with Crippen LogP contribution < -0.4 is 10.6 Å². The molecule has 1 heterocycles. The average Bonchev–Trinajstić information content (AvgIpc) is 2.64. The molecule has 7 heteroatoms. The number of anilines is 2. The molecule has 0 atom stereocenters. The first-order valence-corrected chi connectivity index (χ1v) is 8.58. The van der Waals surface area contributed by atoms with E-state index in [1.54, 1.807) is 18.2 Å². The molecule has 1 aliphatic heterocycles. The van der Waals surface area contributed by atoms with Crippen molar-refractivity contribution in [3.8, 4) is 0 Å². The zero-order valence-corrected chi connectivity index (χ0v) is 14.8. The van der Waals surface area contributed by atoms with Crippen LogP contribution >= 0.6 is 0 Å². The lowest BCUT2D eigenvalue weighted by molar-refractivity contribution is -0.116. The highest BCUT2D eigenvalue weighted by Crippen LogP contribution is 2.20. The van der Waals surface area contributed by atoms with E-state index >= 15 is 0 Å². The minimum Gasteiger partial charge on any atom is -0.379 e. The van der Waals surface area contributed by atoms with E-state index < -0.39 is 5.82 Å². The number of amides is 2. The first-order chi connectivity index (χ1) is 12.6. The number of carbonyl (C=O) groups is 2. The van der Waals surface area contributed by atoms with Crippen LogP contribution in [0, 0.1) is 5.82 Å². The Kier molecular flexibility index (Phi) is 7.98. The minimum atomic E-state index is -0.549. The van der Waals surface area contributed by atoms with E-state index in [9.17, 15) is 14.0 Å². The Morgan fingerprint density at radius 1 is 1.23 bits per heavy atom. The first-order valence-electron chi connectivity index (χ1n) is 8.58. The van der Waals surface area contributed by atoms with E-state index in [1.807, 2.05) is 6.92 Å². The van der Waals surface area contributed by atoms with E-state index in [0.29, 0.717) is 25.4 Å². The van der Waals surface area contributed by atoms with Gasteiger partial charge in [-0.15, -0.1) is 0 Å². The summed E-state index contributed by atoms with van der Waals surface area (Å²) in [4.78, 5) is 26.0. The SMILES string of the molecule is C/C=C/C=C/C(=O)Nc1ccc(F)c(NC(=O)CCN2CCOCC2)c1. The number of carbonyl (C=O) groups excluding carboxylic acids is 2. The predicted molar refractivity (Wildman–Crippen MR) is 99.5 cm³/mol. The standard InChI is InChI=1S/C19H24FN3O3/c1-2-3-4-5-18(24)21-15-6-7-16(20)17(14-15)22-19(25)8-9-23-10-12-26-13-11-23/h2-7,14H,8-13H2,1H3,(H,21,24)(H,22,25)/b3-2+,5-4+. The van der Waals surface area contributed by atoms with Crippen molar-refractivity contribution in [1.29, 1.82) is 0 Å². The Hall–Kier alpha value is -2.51. The van der Waals surface area contributed by atoms with Gasteiger partial charge in [-0.3, -0.25) is 14.5 Å². The van der Waals surface area contributed by atoms with Crippen LogP contribution in [0.15, 0.2) is 42.5 Å². The molecule has 0 unspecified atom stereocenters. The Balaban J connectivity index is 1.89. The molecule has 0 radical (unpaired) electrons. The molecule has 2 N–H and O–H groups in total. The Morgan fingerprint density at radius 2 is 2.00 bits per heavy atom. The zero-order valence-electron chi connectivity index (χ0n) is 14.8. The fourth-order valence-corrected chi connectivity index (χ4v) is 2.43. The second-order valence-electron chi connectivity index (χ2n) is 5.82. The third-order valence-corrected chi connectivity index (χ3v) is 3.82. The number of allylic oxidation sites excluding steroid dienone is 3. The predicted octanol–water partition coefficient (Wildman–Crippen LogP) is 2.56. The maximum atomic E-state index is 13.9. The van der Waals surface area contributed by atoms with Gasteiger partial charge in [-0.2, -0.15) is 0 Å². The third kappa shape index (κ3) is 6.78. The summed E-state index contributed by atoms with van der Waals surface area (Å²) < 4.78 is 19.2. The molecule has 2 amide bonds. The second-order valence-corrected chi connectivity index (χ2v) is 5.82. The maximum Gasteiger partial charge on any atom is 0.248 e. The van der Waals surface area contributed by atoms with E-state index in [0.717, 1.165) is 13.1 Å². The summed E-state index contributed by atoms with van der Waals surface area (Å²) in [5.41, 5.74) is 0.456. The van der Waals surface area contributed by atoms with Crippen LogP contribution in [-0.2, 0) is 14.3 Å². The van der Waals surface area contributed by atoms with Gasteiger partial charge in [0.05, 0.1) is 18.9 Å². The molecular weight excluding hydrogens is 337 g/mol. The highest BCUT2D eigenvalue weighted by atomic mass is 19.1. The highest BCUT2D eigenvalue weighted by Gasteiger charge is 2.13. The molecule has 26 heavy (non-hydrogen) atoms. The Morgan fingerprint density at radius 3 is 2.73 bits per heavy atom. The molecule has 0 saturated carbocycles. The first kappa shape index (κ1) is 19.8. The van der Waals surface area contributed by atoms with Gasteiger partial charge >= 0.3 is 0 Å². The molecule has 0 spiro atoms. The number of benzene rings is 1. The maximum absolute atomic E-state index is 13.9. The van der Waals surface area contributed by atoms with Crippen LogP contribution in [0.5, 0.6) is 0 Å². The third-order valence-electron chi connectivity index (χ3n) is 3.82. The summed E-state index contributed by atoms with van der Waals surface area (Å²) in [5.74, 6) is -1.15. The number of hydrogen-bond acceptors (Lipinski definition) is 4. The van der Waals surface area contributed by atoms with Crippen LogP contribution in [-0.4, -0.2) is 49.6 Å². The topological polar surface area (TPSA) is 70.7 Å². The average molecular weight is 361 g/mol. The number of halogens is 1. The van der Waals surface area contributed by atoms with Gasteiger partial charge in [0.1, 0.15) is 5.82 Å². The molecular formula is C19H24FN3O3. The van der Waals surface area contributed by atoms with Crippen molar-refractivity contribution < 1.29 is 18.7 Å². The van der Waals surface area contributed by atoms with Gasteiger partial charge in [0.25, 0.3) is 0 Å². The molecule has 1 fully saturated rings. The fraction of sp³-hybridized carbons (Fsp3) is 0.368. The van der Waals surface area contributed by atoms with Crippen LogP contribution in [0.1, 0.15) is 13.3 Å². The van der Waals surface area contributed by atoms with Crippen molar-refractivity contribution in [1.82, 2.24) is 4.90 Å². The summed E-state index contributed by atoms with van der Waals surface area (Å²) in [6.45, 7) is 5.37. The fourth-order valence-electron chi connectivity index (χ4n) is 2.43. The molecule has 140 valence electrons. The molecule has 0 aromatic heterocycles. The largest absolute Gasteiger partial charge is 0.379 e. The van der Waals surface area contributed by atoms with Crippen LogP contribution in [0.2, 0.25) is 0 Å². The van der Waals surface area contributed by atoms with Crippen molar-refractivity contribution in [3.05, 3.63) is 48.3 Å². The quantitative estimate of drug-likeness (QED) is 0.578. The van der Waals surface area contributed by atoms with E-state index in [2.05, 4.69) is 15.5 Å². The van der Waals surface area contributed by atoms with Crippen LogP contribution in [0.3, 0.4) is 0 Å². The summed E-state index contributed by atoms with van der Waals surface area (Å²) in [6.07, 6.45) is 6.76. The van der Waals surface area contributed by atoms with Gasteiger partial charge in [-0.1, -0.05) is 18.2 Å². The second kappa shape index (κ2) is 10.5. The highest BCUT2D eigenvalue weighted by molar-refractivity contribution is 6.00. The molecule has 6 nitrogen and oxygen atoms in total. The van der Waals surface area contributed by atoms with E-state index in [4.69, 9.17) is 4.74 Å². The molecule has 2 rings (SSSR count). The molecule has 1 saturated heterocycles. The van der Waals surface area contributed by atoms with Crippen LogP contribution in [0.25, 0.3) is 0 Å². The van der Waals surface area contributed by atoms with Gasteiger partial charge in [0.2, 0.25) is 11.8 Å². The van der Waals surface area contributed by atoms with Crippen LogP contribution in [0.4, 0.5) is 15.8 Å². The zero-order chi connectivity index (χ0) is 18.8. The van der Waals surface area contributed by atoms with Crippen molar-refractivity contribution in [3.63, 3.8) is 0 Å². The van der Waals surface area contributed by atoms with Crippen molar-refractivity contribution in [2.75, 3.05) is 43.5 Å². The lowest BCUT2D eigenvalue weighted by atomic mass is 10.2. The number of hydrogen-bond donors (Lipinski definition) is 2. The number of nitrogens with zero attached hydrogens (tertiary/aromatic N) is 1. The normalized spacial score (nSPS) is 15.5. The van der Waals surface area contributed by atoms with E-state index in [1.165, 1.54) is 24.3 Å². The van der Waals surface area contributed by atoms with E-state index in [-0.39, 0.29) is 23.9 Å². The Bertz CT molecular complexity index is 683. The van der Waals surface area contributed by atoms with Crippen molar-refractivity contribution >= 4 is 23.2 Å². The number of morpholine rings is 1. The summed E-state index contributed by atoms with van der Waals surface area (Å²) in [7, 11) is 0. The van der Waals surface area contributed by atoms with Gasteiger partial charge in [0.15, 0.2) is 0 Å². The minimum absolute atomic E-state index is 0.0483. The van der Waals surface area contributed by atoms with Gasteiger partial charge in [-0.05, 0) is 25.1 Å². The monoisotopic (exact) mass is 361 g/mol. The molecule has 1 aromatic carbocycles. The van der Waals surface area contributed by atoms with Crippen molar-refractivity contribution in [2.24, 2.45) is 0 Å². The number of rotatable bonds is 7. The molecule has 0 aliphatic carbocycles. The number of ether oxygens (including phenoxy) is 1. The summed E-state index contributed by atoms with van der Waals surface area (Å²) in [5, 5.41) is 5.19. The van der Waals surface area contributed by atoms with Gasteiger partial charge < -0.3 is 15.4 Å². The van der Waals surface area contributed by atoms with Crippen molar-refractivity contribution in [2.45, 2.75) is 13.3 Å². The molecule has 1 aromatic rings. The smallest absolute Gasteiger partial charge is 0.248 e. The molecule has 1 aliphatic rings. The lowest BCUT2D eigenvalue weighted by Gasteiger charge is -2.26. The summed E-state index contributed by atoms with van der Waals surface area (Å²) in [6, 6.07) is 4.06. The summed E-state index contributed by atoms with van der Waals surface area (Å²) >= 11 is 0. The Labute approximate surface area is 152 Å². The number of nitrogens with one attached hydrogen (secondary N) is 2. The molecule has 0 bridgehead atoms. The lowest BCUT2D eigenvalue weighted by Crippen LogP contribution is -2.38.